The Morgan fingerprint density at radius 3 is 2.57 bits per heavy atom. The zero-order chi connectivity index (χ0) is 16.1. The first-order valence-corrected chi connectivity index (χ1v) is 7.12. The first-order valence-electron chi connectivity index (χ1n) is 6.36. The zero-order valence-corrected chi connectivity index (χ0v) is 14.1. The summed E-state index contributed by atoms with van der Waals surface area (Å²) >= 11 is 11.5. The van der Waals surface area contributed by atoms with Gasteiger partial charge in [-0.25, -0.2) is 4.98 Å². The lowest BCUT2D eigenvalue weighted by Gasteiger charge is -2.11. The molecule has 0 aromatic carbocycles. The number of carbonyl (C=O) groups is 1. The van der Waals surface area contributed by atoms with Crippen LogP contribution < -0.4 is 11.3 Å². The van der Waals surface area contributed by atoms with Gasteiger partial charge in [0.1, 0.15) is 23.0 Å². The van der Waals surface area contributed by atoms with Gasteiger partial charge < -0.3 is 15.5 Å². The van der Waals surface area contributed by atoms with Gasteiger partial charge in [0, 0.05) is 18.2 Å². The van der Waals surface area contributed by atoms with Crippen LogP contribution in [0.25, 0.3) is 0 Å². The smallest absolute Gasteiger partial charge is 0.323 e. The Kier molecular flexibility index (Phi) is 7.51. The number of hydrogen-bond donors (Lipinski definition) is 2. The summed E-state index contributed by atoms with van der Waals surface area (Å²) in [6, 6.07) is 6.85. The molecule has 0 aliphatic heterocycles. The molecule has 3 N–H and O–H groups in total. The summed E-state index contributed by atoms with van der Waals surface area (Å²) in [6.07, 6.45) is 0.173. The maximum absolute atomic E-state index is 11.9. The predicted octanol–water partition coefficient (Wildman–Crippen LogP) is 2.11. The molecule has 2 rings (SSSR count). The molecule has 1 atom stereocenters. The molecule has 9 heteroatoms. The zero-order valence-electron chi connectivity index (χ0n) is 11.8. The molecule has 0 saturated heterocycles. The minimum absolute atomic E-state index is 0. The number of rotatable bonds is 5. The van der Waals surface area contributed by atoms with Crippen molar-refractivity contribution in [1.29, 1.82) is 0 Å². The molecular weight excluding hydrogens is 365 g/mol. The summed E-state index contributed by atoms with van der Waals surface area (Å²) in [5.74, 6) is -0.589. The summed E-state index contributed by atoms with van der Waals surface area (Å²) in [7, 11) is 0. The number of hydrogen-bond acceptors (Lipinski definition) is 5. The maximum atomic E-state index is 11.9. The number of nitrogens with one attached hydrogen (secondary N) is 1. The van der Waals surface area contributed by atoms with Gasteiger partial charge in [0.05, 0.1) is 0 Å². The molecule has 0 fully saturated rings. The molecule has 6 nitrogen and oxygen atoms in total. The van der Waals surface area contributed by atoms with Crippen LogP contribution >= 0.6 is 35.6 Å². The molecule has 2 heterocycles. The summed E-state index contributed by atoms with van der Waals surface area (Å²) in [4.78, 5) is 29.4. The molecule has 2 aromatic heterocycles. The van der Waals surface area contributed by atoms with E-state index in [0.717, 1.165) is 0 Å². The van der Waals surface area contributed by atoms with E-state index in [4.69, 9.17) is 33.7 Å². The quantitative estimate of drug-likeness (QED) is 0.613. The first-order chi connectivity index (χ1) is 10.4. The van der Waals surface area contributed by atoms with E-state index in [1.165, 1.54) is 6.07 Å². The Hall–Kier alpha value is -1.60. The number of nitrogens with zero attached hydrogens (tertiary/aromatic N) is 1. The number of aromatic amines is 1. The van der Waals surface area contributed by atoms with Gasteiger partial charge in [-0.3, -0.25) is 9.59 Å². The largest absolute Gasteiger partial charge is 0.460 e. The average molecular weight is 379 g/mol. The molecule has 0 amide bonds. The fourth-order valence-electron chi connectivity index (χ4n) is 1.79. The third-order valence-electron chi connectivity index (χ3n) is 2.78. The highest BCUT2D eigenvalue weighted by Gasteiger charge is 2.16. The third-order valence-corrected chi connectivity index (χ3v) is 3.16. The van der Waals surface area contributed by atoms with Crippen molar-refractivity contribution >= 4 is 41.6 Å². The lowest BCUT2D eigenvalue weighted by molar-refractivity contribution is -0.146. The third kappa shape index (κ3) is 6.19. The summed E-state index contributed by atoms with van der Waals surface area (Å²) in [5.41, 5.74) is 6.68. The highest BCUT2D eigenvalue weighted by Crippen LogP contribution is 2.15. The SMILES string of the molecule is Cl.N[C@@H](Cc1cccc(=O)[nH]1)C(=O)OCc1cc(Cl)nc(Cl)c1. The van der Waals surface area contributed by atoms with Crippen molar-refractivity contribution in [3.8, 4) is 0 Å². The average Bonchev–Trinajstić information content (AvgIpc) is 2.43. The van der Waals surface area contributed by atoms with Gasteiger partial charge in [-0.2, -0.15) is 0 Å². The normalized spacial score (nSPS) is 11.4. The fraction of sp³-hybridized carbons (Fsp3) is 0.214. The molecule has 0 unspecified atom stereocenters. The van der Waals surface area contributed by atoms with Gasteiger partial charge in [-0.15, -0.1) is 12.4 Å². The van der Waals surface area contributed by atoms with E-state index in [-0.39, 0.29) is 41.3 Å². The summed E-state index contributed by atoms with van der Waals surface area (Å²) < 4.78 is 5.10. The maximum Gasteiger partial charge on any atom is 0.323 e. The minimum atomic E-state index is -0.883. The van der Waals surface area contributed by atoms with Gasteiger partial charge in [0.2, 0.25) is 5.56 Å². The highest BCUT2D eigenvalue weighted by atomic mass is 35.5. The van der Waals surface area contributed by atoms with E-state index in [0.29, 0.717) is 11.3 Å². The number of pyridine rings is 2. The predicted molar refractivity (Wildman–Crippen MR) is 90.0 cm³/mol. The number of ether oxygens (including phenoxy) is 1. The molecule has 0 aliphatic carbocycles. The van der Waals surface area contributed by atoms with Crippen LogP contribution in [0.3, 0.4) is 0 Å². The Bertz CT molecular complexity index is 716. The lowest BCUT2D eigenvalue weighted by Crippen LogP contribution is -2.35. The molecule has 23 heavy (non-hydrogen) atoms. The van der Waals surface area contributed by atoms with Crippen LogP contribution in [-0.4, -0.2) is 22.0 Å². The highest BCUT2D eigenvalue weighted by molar-refractivity contribution is 6.32. The summed E-state index contributed by atoms with van der Waals surface area (Å²) in [6.45, 7) is -0.0141. The van der Waals surface area contributed by atoms with Gasteiger partial charge in [-0.05, 0) is 23.8 Å². The Morgan fingerprint density at radius 1 is 1.30 bits per heavy atom. The van der Waals surface area contributed by atoms with Crippen LogP contribution in [0.5, 0.6) is 0 Å². The van der Waals surface area contributed by atoms with Crippen molar-refractivity contribution in [2.75, 3.05) is 0 Å². The van der Waals surface area contributed by atoms with Crippen molar-refractivity contribution in [3.63, 3.8) is 0 Å². The monoisotopic (exact) mass is 377 g/mol. The number of carbonyl (C=O) groups excluding carboxylic acids is 1. The molecule has 0 aliphatic rings. The molecule has 0 spiro atoms. The Morgan fingerprint density at radius 2 is 1.96 bits per heavy atom. The summed E-state index contributed by atoms with van der Waals surface area (Å²) in [5, 5.41) is 0.425. The van der Waals surface area contributed by atoms with Crippen LogP contribution in [0.2, 0.25) is 10.3 Å². The van der Waals surface area contributed by atoms with Gasteiger partial charge in [0.15, 0.2) is 0 Å². The van der Waals surface area contributed by atoms with Gasteiger partial charge in [0.25, 0.3) is 0 Å². The molecule has 124 valence electrons. The number of halogens is 3. The number of aromatic nitrogens is 2. The van der Waals surface area contributed by atoms with Crippen molar-refractivity contribution in [1.82, 2.24) is 9.97 Å². The van der Waals surface area contributed by atoms with Crippen molar-refractivity contribution in [2.24, 2.45) is 5.73 Å². The van der Waals surface area contributed by atoms with Gasteiger partial charge >= 0.3 is 5.97 Å². The fourth-order valence-corrected chi connectivity index (χ4v) is 2.30. The van der Waals surface area contributed by atoms with Crippen LogP contribution in [0, 0.1) is 0 Å². The molecule has 0 radical (unpaired) electrons. The van der Waals surface area contributed by atoms with E-state index >= 15 is 0 Å². The van der Waals surface area contributed by atoms with E-state index in [1.807, 2.05) is 0 Å². The van der Waals surface area contributed by atoms with Crippen LogP contribution in [0.1, 0.15) is 11.3 Å². The molecule has 0 bridgehead atoms. The second-order valence-corrected chi connectivity index (χ2v) is 5.35. The van der Waals surface area contributed by atoms with Crippen molar-refractivity contribution < 1.29 is 9.53 Å². The van der Waals surface area contributed by atoms with Crippen LogP contribution in [0.4, 0.5) is 0 Å². The van der Waals surface area contributed by atoms with Crippen LogP contribution in [0.15, 0.2) is 35.1 Å². The topological polar surface area (TPSA) is 98.1 Å². The number of nitrogens with two attached hydrogens (primary N) is 1. The van der Waals surface area contributed by atoms with E-state index < -0.39 is 12.0 Å². The van der Waals surface area contributed by atoms with E-state index in [1.54, 1.807) is 24.3 Å². The van der Waals surface area contributed by atoms with Gasteiger partial charge in [-0.1, -0.05) is 29.3 Å². The molecule has 0 saturated carbocycles. The molecule has 2 aromatic rings. The van der Waals surface area contributed by atoms with Crippen LogP contribution in [-0.2, 0) is 22.6 Å². The standard InChI is InChI=1S/C14H13Cl2N3O3.ClH/c15-11-4-8(5-12(16)19-11)7-22-14(21)10(17)6-9-2-1-3-13(20)18-9;/h1-5,10H,6-7,17H2,(H,18,20);1H/t10-;/m0./s1. The van der Waals surface area contributed by atoms with E-state index in [2.05, 4.69) is 9.97 Å². The lowest BCUT2D eigenvalue weighted by atomic mass is 10.1. The second kappa shape index (κ2) is 8.88. The minimum Gasteiger partial charge on any atom is -0.460 e. The Balaban J connectivity index is 0.00000264. The van der Waals surface area contributed by atoms with Crippen molar-refractivity contribution in [2.45, 2.75) is 19.1 Å². The number of H-pyrrole nitrogens is 1. The molecular formula is C14H14Cl3N3O3. The van der Waals surface area contributed by atoms with E-state index in [9.17, 15) is 9.59 Å². The Labute approximate surface area is 148 Å². The number of esters is 1. The van der Waals surface area contributed by atoms with Crippen molar-refractivity contribution in [3.05, 3.63) is 62.2 Å². The first kappa shape index (κ1) is 19.4. The second-order valence-electron chi connectivity index (χ2n) is 4.58.